The van der Waals surface area contributed by atoms with Gasteiger partial charge in [0.05, 0.1) is 17.4 Å². The van der Waals surface area contributed by atoms with Crippen LogP contribution in [0.5, 0.6) is 0 Å². The Bertz CT molecular complexity index is 541. The molecule has 2 aromatic rings. The highest BCUT2D eigenvalue weighted by atomic mass is 19.1. The van der Waals surface area contributed by atoms with E-state index in [2.05, 4.69) is 4.98 Å². The Labute approximate surface area is 94.3 Å². The molecule has 0 spiro atoms. The van der Waals surface area contributed by atoms with Gasteiger partial charge in [0.15, 0.2) is 0 Å². The van der Waals surface area contributed by atoms with Crippen molar-refractivity contribution >= 4 is 10.8 Å². The second-order valence-corrected chi connectivity index (χ2v) is 4.73. The molecule has 3 heteroatoms. The van der Waals surface area contributed by atoms with Crippen LogP contribution < -0.4 is 5.73 Å². The molecule has 2 N–H and O–H groups in total. The number of aromatic nitrogens is 1. The zero-order chi connectivity index (χ0) is 11.9. The largest absolute Gasteiger partial charge is 0.321 e. The van der Waals surface area contributed by atoms with Crippen LogP contribution >= 0.6 is 0 Å². The lowest BCUT2D eigenvalue weighted by Crippen LogP contribution is -2.30. The van der Waals surface area contributed by atoms with E-state index in [0.29, 0.717) is 5.39 Å². The summed E-state index contributed by atoms with van der Waals surface area (Å²) >= 11 is 0. The number of pyridine rings is 1. The molecule has 0 saturated carbocycles. The lowest BCUT2D eigenvalue weighted by Gasteiger charge is -2.20. The maximum Gasteiger partial charge on any atom is 0.149 e. The van der Waals surface area contributed by atoms with Crippen molar-refractivity contribution < 1.29 is 4.39 Å². The number of nitrogens with zero attached hydrogens (tertiary/aromatic N) is 1. The number of rotatable bonds is 1. The zero-order valence-corrected chi connectivity index (χ0v) is 9.71. The van der Waals surface area contributed by atoms with E-state index in [4.69, 9.17) is 5.73 Å². The SMILES string of the molecule is Cc1ccc2c(F)cnc(C(C)(C)N)c2c1. The van der Waals surface area contributed by atoms with Gasteiger partial charge >= 0.3 is 0 Å². The van der Waals surface area contributed by atoms with E-state index in [9.17, 15) is 4.39 Å². The fraction of sp³-hybridized carbons (Fsp3) is 0.308. The normalized spacial score (nSPS) is 12.1. The molecular weight excluding hydrogens is 203 g/mol. The molecule has 1 aromatic carbocycles. The average molecular weight is 218 g/mol. The smallest absolute Gasteiger partial charge is 0.149 e. The number of benzene rings is 1. The molecule has 1 aromatic heterocycles. The summed E-state index contributed by atoms with van der Waals surface area (Å²) in [6.45, 7) is 5.71. The monoisotopic (exact) mass is 218 g/mol. The summed E-state index contributed by atoms with van der Waals surface area (Å²) in [7, 11) is 0. The molecule has 0 radical (unpaired) electrons. The molecular formula is C13H15FN2. The Kier molecular flexibility index (Phi) is 2.43. The minimum absolute atomic E-state index is 0.303. The van der Waals surface area contributed by atoms with Crippen LogP contribution in [0.3, 0.4) is 0 Å². The Hall–Kier alpha value is -1.48. The number of hydrogen-bond donors (Lipinski definition) is 1. The number of halogens is 1. The molecule has 0 fully saturated rings. The van der Waals surface area contributed by atoms with Gasteiger partial charge in [0.25, 0.3) is 0 Å². The van der Waals surface area contributed by atoms with Crippen molar-refractivity contribution in [3.63, 3.8) is 0 Å². The summed E-state index contributed by atoms with van der Waals surface area (Å²) in [6, 6.07) is 5.59. The number of hydrogen-bond acceptors (Lipinski definition) is 2. The summed E-state index contributed by atoms with van der Waals surface area (Å²) in [4.78, 5) is 4.12. The summed E-state index contributed by atoms with van der Waals surface area (Å²) in [5.41, 5.74) is 7.27. The topological polar surface area (TPSA) is 38.9 Å². The molecule has 0 aliphatic rings. The standard InChI is InChI=1S/C13H15FN2/c1-8-4-5-9-10(6-8)12(13(2,3)15)16-7-11(9)14/h4-7H,15H2,1-3H3. The van der Waals surface area contributed by atoms with Crippen LogP contribution in [0.2, 0.25) is 0 Å². The molecule has 0 saturated heterocycles. The lowest BCUT2D eigenvalue weighted by molar-refractivity contribution is 0.536. The highest BCUT2D eigenvalue weighted by molar-refractivity contribution is 5.86. The van der Waals surface area contributed by atoms with Gasteiger partial charge in [-0.3, -0.25) is 4.98 Å². The summed E-state index contributed by atoms with van der Waals surface area (Å²) in [5, 5.41) is 1.38. The summed E-state index contributed by atoms with van der Waals surface area (Å²) in [5.74, 6) is -0.303. The molecule has 16 heavy (non-hydrogen) atoms. The van der Waals surface area contributed by atoms with Crippen molar-refractivity contribution in [1.82, 2.24) is 4.98 Å². The maximum absolute atomic E-state index is 13.6. The average Bonchev–Trinajstić information content (AvgIpc) is 2.15. The van der Waals surface area contributed by atoms with Gasteiger partial charge in [0, 0.05) is 10.8 Å². The molecule has 0 atom stereocenters. The van der Waals surface area contributed by atoms with Crippen LogP contribution in [0.4, 0.5) is 4.39 Å². The van der Waals surface area contributed by atoms with E-state index in [1.165, 1.54) is 6.20 Å². The van der Waals surface area contributed by atoms with Crippen LogP contribution in [-0.2, 0) is 5.54 Å². The molecule has 0 unspecified atom stereocenters. The number of nitrogens with two attached hydrogens (primary N) is 1. The molecule has 0 amide bonds. The van der Waals surface area contributed by atoms with Crippen molar-refractivity contribution in [2.45, 2.75) is 26.3 Å². The Balaban J connectivity index is 2.86. The summed E-state index contributed by atoms with van der Waals surface area (Å²) in [6.07, 6.45) is 1.24. The van der Waals surface area contributed by atoms with Gasteiger partial charge in [-0.05, 0) is 26.8 Å². The van der Waals surface area contributed by atoms with Gasteiger partial charge < -0.3 is 5.73 Å². The van der Waals surface area contributed by atoms with Crippen LogP contribution in [0.25, 0.3) is 10.8 Å². The van der Waals surface area contributed by atoms with Gasteiger partial charge in [0.1, 0.15) is 5.82 Å². The predicted octanol–water partition coefficient (Wildman–Crippen LogP) is 2.88. The third-order valence-corrected chi connectivity index (χ3v) is 2.60. The molecule has 2 rings (SSSR count). The minimum Gasteiger partial charge on any atom is -0.321 e. The molecule has 1 heterocycles. The van der Waals surface area contributed by atoms with Crippen molar-refractivity contribution in [1.29, 1.82) is 0 Å². The second-order valence-electron chi connectivity index (χ2n) is 4.73. The van der Waals surface area contributed by atoms with Crippen molar-refractivity contribution in [3.8, 4) is 0 Å². The Morgan fingerprint density at radius 3 is 2.56 bits per heavy atom. The van der Waals surface area contributed by atoms with Gasteiger partial charge in [-0.25, -0.2) is 4.39 Å². The van der Waals surface area contributed by atoms with E-state index in [1.54, 1.807) is 6.07 Å². The Morgan fingerprint density at radius 2 is 1.94 bits per heavy atom. The van der Waals surface area contributed by atoms with Crippen LogP contribution in [0, 0.1) is 12.7 Å². The highest BCUT2D eigenvalue weighted by Gasteiger charge is 2.20. The van der Waals surface area contributed by atoms with Crippen molar-refractivity contribution in [2.24, 2.45) is 5.73 Å². The third-order valence-electron chi connectivity index (χ3n) is 2.60. The minimum atomic E-state index is -0.570. The first kappa shape index (κ1) is 11.0. The third kappa shape index (κ3) is 1.78. The first-order valence-corrected chi connectivity index (χ1v) is 5.24. The molecule has 0 aliphatic heterocycles. The first-order valence-electron chi connectivity index (χ1n) is 5.24. The fourth-order valence-electron chi connectivity index (χ4n) is 1.84. The van der Waals surface area contributed by atoms with Gasteiger partial charge in [-0.15, -0.1) is 0 Å². The van der Waals surface area contributed by atoms with Crippen LogP contribution in [0.1, 0.15) is 25.1 Å². The number of fused-ring (bicyclic) bond motifs is 1. The van der Waals surface area contributed by atoms with Crippen molar-refractivity contribution in [2.75, 3.05) is 0 Å². The van der Waals surface area contributed by atoms with Crippen LogP contribution in [0.15, 0.2) is 24.4 Å². The van der Waals surface area contributed by atoms with Crippen molar-refractivity contribution in [3.05, 3.63) is 41.5 Å². The van der Waals surface area contributed by atoms with Crippen LogP contribution in [-0.4, -0.2) is 4.98 Å². The van der Waals surface area contributed by atoms with E-state index >= 15 is 0 Å². The van der Waals surface area contributed by atoms with E-state index < -0.39 is 5.54 Å². The van der Waals surface area contributed by atoms with Gasteiger partial charge in [-0.2, -0.15) is 0 Å². The quantitative estimate of drug-likeness (QED) is 0.799. The maximum atomic E-state index is 13.6. The number of aryl methyl sites for hydroxylation is 1. The molecule has 0 bridgehead atoms. The predicted molar refractivity (Wildman–Crippen MR) is 63.7 cm³/mol. The van der Waals surface area contributed by atoms with E-state index in [-0.39, 0.29) is 5.82 Å². The highest BCUT2D eigenvalue weighted by Crippen LogP contribution is 2.27. The zero-order valence-electron chi connectivity index (χ0n) is 9.71. The fourth-order valence-corrected chi connectivity index (χ4v) is 1.84. The van der Waals surface area contributed by atoms with Gasteiger partial charge in [-0.1, -0.05) is 17.7 Å². The second kappa shape index (κ2) is 3.52. The van der Waals surface area contributed by atoms with Gasteiger partial charge in [0.2, 0.25) is 0 Å². The van der Waals surface area contributed by atoms with E-state index in [1.807, 2.05) is 32.9 Å². The Morgan fingerprint density at radius 1 is 1.25 bits per heavy atom. The van der Waals surface area contributed by atoms with E-state index in [0.717, 1.165) is 16.6 Å². The summed E-state index contributed by atoms with van der Waals surface area (Å²) < 4.78 is 13.6. The molecule has 0 aliphatic carbocycles. The molecule has 84 valence electrons. The first-order chi connectivity index (χ1) is 7.39. The molecule has 2 nitrogen and oxygen atoms in total. The lowest BCUT2D eigenvalue weighted by atomic mass is 9.95.